The minimum atomic E-state index is -1.09. The summed E-state index contributed by atoms with van der Waals surface area (Å²) in [4.78, 5) is 28.6. The van der Waals surface area contributed by atoms with Gasteiger partial charge in [-0.15, -0.1) is 11.8 Å². The predicted octanol–water partition coefficient (Wildman–Crippen LogP) is 2.32. The first-order valence-electron chi connectivity index (χ1n) is 7.09. The fraction of sp³-hybridized carbons (Fsp3) is 0.533. The summed E-state index contributed by atoms with van der Waals surface area (Å²) < 4.78 is 0. The third-order valence-electron chi connectivity index (χ3n) is 3.81. The number of amides is 1. The highest BCUT2D eigenvalue weighted by Crippen LogP contribution is 2.32. The third-order valence-corrected chi connectivity index (χ3v) is 4.82. The Balaban J connectivity index is 1.94. The number of hydrogen-bond donors (Lipinski definition) is 2. The molecule has 2 rings (SSSR count). The van der Waals surface area contributed by atoms with Crippen molar-refractivity contribution >= 4 is 23.6 Å². The Morgan fingerprint density at radius 3 is 2.81 bits per heavy atom. The van der Waals surface area contributed by atoms with Crippen LogP contribution in [-0.4, -0.2) is 33.3 Å². The highest BCUT2D eigenvalue weighted by molar-refractivity contribution is 8.00. The largest absolute Gasteiger partial charge is 0.480 e. The molecule has 1 aliphatic rings. The van der Waals surface area contributed by atoms with Crippen molar-refractivity contribution in [2.24, 2.45) is 5.92 Å². The molecule has 2 N–H and O–H groups in total. The van der Waals surface area contributed by atoms with Crippen molar-refractivity contribution in [3.8, 4) is 0 Å². The second-order valence-electron chi connectivity index (χ2n) is 5.61. The molecule has 114 valence electrons. The standard InChI is InChI=1S/C15H20N2O3S/c1-11-3-2-6-15(9-11,14(19)20)17-13(18)10-21-12-4-7-16-8-5-12/h4-5,7-8,11H,2-3,6,9-10H2,1H3,(H,17,18)(H,19,20). The zero-order chi connectivity index (χ0) is 15.3. The van der Waals surface area contributed by atoms with Gasteiger partial charge in [0.05, 0.1) is 5.75 Å². The van der Waals surface area contributed by atoms with Crippen LogP contribution in [0.1, 0.15) is 32.6 Å². The van der Waals surface area contributed by atoms with Crippen molar-refractivity contribution in [3.63, 3.8) is 0 Å². The van der Waals surface area contributed by atoms with E-state index in [1.54, 1.807) is 12.4 Å². The van der Waals surface area contributed by atoms with Crippen molar-refractivity contribution < 1.29 is 14.7 Å². The Morgan fingerprint density at radius 2 is 2.19 bits per heavy atom. The summed E-state index contributed by atoms with van der Waals surface area (Å²) in [5.74, 6) is -0.611. The number of thioether (sulfide) groups is 1. The average Bonchev–Trinajstić information content (AvgIpc) is 2.46. The molecule has 0 aliphatic heterocycles. The van der Waals surface area contributed by atoms with Crippen molar-refractivity contribution in [1.82, 2.24) is 10.3 Å². The third kappa shape index (κ3) is 4.20. The Hall–Kier alpha value is -1.56. The molecule has 2 atom stereocenters. The Bertz CT molecular complexity index is 509. The van der Waals surface area contributed by atoms with Gasteiger partial charge in [-0.05, 0) is 30.9 Å². The van der Waals surface area contributed by atoms with E-state index in [1.165, 1.54) is 11.8 Å². The van der Waals surface area contributed by atoms with Crippen LogP contribution in [0.4, 0.5) is 0 Å². The van der Waals surface area contributed by atoms with Gasteiger partial charge >= 0.3 is 5.97 Å². The van der Waals surface area contributed by atoms with E-state index in [0.717, 1.165) is 17.7 Å². The molecule has 0 bridgehead atoms. The summed E-state index contributed by atoms with van der Waals surface area (Å²) in [5, 5.41) is 12.3. The maximum atomic E-state index is 12.1. The number of nitrogens with one attached hydrogen (secondary N) is 1. The van der Waals surface area contributed by atoms with E-state index in [9.17, 15) is 14.7 Å². The van der Waals surface area contributed by atoms with Gasteiger partial charge < -0.3 is 10.4 Å². The molecular formula is C15H20N2O3S. The van der Waals surface area contributed by atoms with Crippen LogP contribution in [0.5, 0.6) is 0 Å². The average molecular weight is 308 g/mol. The molecule has 6 heteroatoms. The molecule has 1 aromatic rings. The summed E-state index contributed by atoms with van der Waals surface area (Å²) in [6.07, 6.45) is 6.22. The number of aliphatic carboxylic acids is 1. The number of rotatable bonds is 5. The lowest BCUT2D eigenvalue weighted by molar-refractivity contribution is -0.149. The van der Waals surface area contributed by atoms with E-state index < -0.39 is 11.5 Å². The molecule has 5 nitrogen and oxygen atoms in total. The van der Waals surface area contributed by atoms with E-state index in [4.69, 9.17) is 0 Å². The van der Waals surface area contributed by atoms with E-state index in [2.05, 4.69) is 10.3 Å². The van der Waals surface area contributed by atoms with Gasteiger partial charge in [-0.3, -0.25) is 9.78 Å². The first-order valence-corrected chi connectivity index (χ1v) is 8.08. The quantitative estimate of drug-likeness (QED) is 0.816. The number of pyridine rings is 1. The van der Waals surface area contributed by atoms with Crippen LogP contribution in [0.15, 0.2) is 29.4 Å². The molecule has 1 fully saturated rings. The first-order chi connectivity index (χ1) is 10.0. The lowest BCUT2D eigenvalue weighted by Gasteiger charge is -2.37. The van der Waals surface area contributed by atoms with Crippen LogP contribution in [0.3, 0.4) is 0 Å². The molecule has 2 unspecified atom stereocenters. The maximum absolute atomic E-state index is 12.1. The highest BCUT2D eigenvalue weighted by atomic mass is 32.2. The summed E-state index contributed by atoms with van der Waals surface area (Å²) in [6, 6.07) is 3.65. The van der Waals surface area contributed by atoms with Gasteiger partial charge in [0.1, 0.15) is 5.54 Å². The summed E-state index contributed by atoms with van der Waals surface area (Å²) >= 11 is 1.38. The summed E-state index contributed by atoms with van der Waals surface area (Å²) in [7, 11) is 0. The zero-order valence-corrected chi connectivity index (χ0v) is 12.9. The van der Waals surface area contributed by atoms with Crippen LogP contribution in [0.25, 0.3) is 0 Å². The van der Waals surface area contributed by atoms with Crippen LogP contribution < -0.4 is 5.32 Å². The molecule has 1 heterocycles. The minimum Gasteiger partial charge on any atom is -0.480 e. The number of hydrogen-bond acceptors (Lipinski definition) is 4. The number of nitrogens with zero attached hydrogens (tertiary/aromatic N) is 1. The number of carbonyl (C=O) groups excluding carboxylic acids is 1. The van der Waals surface area contributed by atoms with Gasteiger partial charge in [0.25, 0.3) is 0 Å². The zero-order valence-electron chi connectivity index (χ0n) is 12.0. The Morgan fingerprint density at radius 1 is 1.48 bits per heavy atom. The van der Waals surface area contributed by atoms with E-state index in [0.29, 0.717) is 18.8 Å². The number of carboxylic acid groups (broad SMARTS) is 1. The fourth-order valence-corrected chi connectivity index (χ4v) is 3.48. The highest BCUT2D eigenvalue weighted by Gasteiger charge is 2.42. The predicted molar refractivity (Wildman–Crippen MR) is 81.1 cm³/mol. The fourth-order valence-electron chi connectivity index (χ4n) is 2.80. The molecule has 1 amide bonds. The molecule has 21 heavy (non-hydrogen) atoms. The van der Waals surface area contributed by atoms with Gasteiger partial charge in [0.2, 0.25) is 5.91 Å². The van der Waals surface area contributed by atoms with Crippen LogP contribution in [-0.2, 0) is 9.59 Å². The molecule has 1 aliphatic carbocycles. The SMILES string of the molecule is CC1CCCC(NC(=O)CSc2ccncc2)(C(=O)O)C1. The van der Waals surface area contributed by atoms with E-state index in [1.807, 2.05) is 19.1 Å². The number of carbonyl (C=O) groups is 2. The lowest BCUT2D eigenvalue weighted by Crippen LogP contribution is -2.57. The number of carboxylic acids is 1. The summed E-state index contributed by atoms with van der Waals surface area (Å²) in [5.41, 5.74) is -1.09. The molecule has 1 saturated carbocycles. The van der Waals surface area contributed by atoms with Crippen LogP contribution in [0.2, 0.25) is 0 Å². The minimum absolute atomic E-state index is 0.216. The number of aromatic nitrogens is 1. The van der Waals surface area contributed by atoms with Crippen molar-refractivity contribution in [2.75, 3.05) is 5.75 Å². The maximum Gasteiger partial charge on any atom is 0.329 e. The van der Waals surface area contributed by atoms with Gasteiger partial charge in [-0.2, -0.15) is 0 Å². The second-order valence-corrected chi connectivity index (χ2v) is 6.66. The first kappa shape index (κ1) is 15.8. The van der Waals surface area contributed by atoms with Crippen molar-refractivity contribution in [3.05, 3.63) is 24.5 Å². The van der Waals surface area contributed by atoms with Gasteiger partial charge in [0, 0.05) is 17.3 Å². The summed E-state index contributed by atoms with van der Waals surface area (Å²) in [6.45, 7) is 2.04. The molecular weight excluding hydrogens is 288 g/mol. The Labute approximate surface area is 128 Å². The van der Waals surface area contributed by atoms with Gasteiger partial charge in [-0.25, -0.2) is 4.79 Å². The molecule has 0 saturated heterocycles. The Kier molecular flexibility index (Phi) is 5.22. The van der Waals surface area contributed by atoms with Crippen molar-refractivity contribution in [1.29, 1.82) is 0 Å². The van der Waals surface area contributed by atoms with E-state index >= 15 is 0 Å². The molecule has 0 radical (unpaired) electrons. The van der Waals surface area contributed by atoms with Crippen molar-refractivity contribution in [2.45, 2.75) is 43.0 Å². The second kappa shape index (κ2) is 6.93. The van der Waals surface area contributed by atoms with Gasteiger partial charge in [-0.1, -0.05) is 19.8 Å². The van der Waals surface area contributed by atoms with Crippen LogP contribution >= 0.6 is 11.8 Å². The molecule has 0 aromatic carbocycles. The topological polar surface area (TPSA) is 79.3 Å². The monoisotopic (exact) mass is 308 g/mol. The molecule has 0 spiro atoms. The van der Waals surface area contributed by atoms with Gasteiger partial charge in [0.15, 0.2) is 0 Å². The van der Waals surface area contributed by atoms with Crippen LogP contribution in [0, 0.1) is 5.92 Å². The lowest BCUT2D eigenvalue weighted by atomic mass is 9.76. The van der Waals surface area contributed by atoms with E-state index in [-0.39, 0.29) is 11.7 Å². The molecule has 1 aromatic heterocycles. The smallest absolute Gasteiger partial charge is 0.329 e. The normalized spacial score (nSPS) is 25.3.